The molecule has 9 heteroatoms. The van der Waals surface area contributed by atoms with Crippen LogP contribution in [0, 0.1) is 6.92 Å². The maximum absolute atomic E-state index is 13.4. The number of methoxy groups -OCH3 is 3. The monoisotopic (exact) mass is 506 g/mol. The van der Waals surface area contributed by atoms with Gasteiger partial charge in [-0.2, -0.15) is 0 Å². The van der Waals surface area contributed by atoms with Gasteiger partial charge in [-0.25, -0.2) is 0 Å². The highest BCUT2D eigenvalue weighted by molar-refractivity contribution is 7.11. The van der Waals surface area contributed by atoms with Gasteiger partial charge < -0.3 is 28.7 Å². The van der Waals surface area contributed by atoms with Crippen molar-refractivity contribution in [3.63, 3.8) is 0 Å². The van der Waals surface area contributed by atoms with Gasteiger partial charge in [-0.05, 0) is 56.5 Å². The largest absolute Gasteiger partial charge is 0.493 e. The molecule has 2 amide bonds. The molecule has 8 nitrogen and oxygen atoms in total. The Hall–Kier alpha value is -2.62. The highest BCUT2D eigenvalue weighted by Gasteiger charge is 2.22. The predicted octanol–water partition coefficient (Wildman–Crippen LogP) is 3.55. The standard InChI is InChI=1S/C26H38N2O6S/c1-6-34-15-7-13-27(26(30)19-31-3)18-25(29)28(17-22-10-8-20(2)35-22)14-12-21-9-11-23(32-4)24(16-21)33-5/h8-11,16H,6-7,12-15,17-19H2,1-5H3. The van der Waals surface area contributed by atoms with Gasteiger partial charge in [0, 0.05) is 43.2 Å². The minimum absolute atomic E-state index is 0.00457. The van der Waals surface area contributed by atoms with E-state index in [0.29, 0.717) is 57.2 Å². The summed E-state index contributed by atoms with van der Waals surface area (Å²) in [4.78, 5) is 31.7. The van der Waals surface area contributed by atoms with E-state index in [1.54, 1.807) is 30.5 Å². The first-order valence-corrected chi connectivity index (χ1v) is 12.6. The van der Waals surface area contributed by atoms with Gasteiger partial charge in [0.1, 0.15) is 6.61 Å². The number of carbonyl (C=O) groups excluding carboxylic acids is 2. The number of hydrogen-bond acceptors (Lipinski definition) is 7. The molecule has 2 rings (SSSR count). The van der Waals surface area contributed by atoms with E-state index in [-0.39, 0.29) is 25.0 Å². The Morgan fingerprint density at radius 1 is 0.943 bits per heavy atom. The minimum Gasteiger partial charge on any atom is -0.493 e. The number of carbonyl (C=O) groups is 2. The molecule has 0 unspecified atom stereocenters. The molecule has 0 radical (unpaired) electrons. The third kappa shape index (κ3) is 9.51. The molecule has 0 aliphatic heterocycles. The summed E-state index contributed by atoms with van der Waals surface area (Å²) < 4.78 is 21.2. The molecule has 0 N–H and O–H groups in total. The summed E-state index contributed by atoms with van der Waals surface area (Å²) >= 11 is 1.67. The molecule has 0 spiro atoms. The van der Waals surface area contributed by atoms with Crippen LogP contribution in [0.25, 0.3) is 0 Å². The molecule has 0 saturated carbocycles. The van der Waals surface area contributed by atoms with Crippen molar-refractivity contribution >= 4 is 23.2 Å². The second-order valence-corrected chi connectivity index (χ2v) is 9.44. The summed E-state index contributed by atoms with van der Waals surface area (Å²) in [5, 5.41) is 0. The van der Waals surface area contributed by atoms with Crippen molar-refractivity contribution in [2.75, 3.05) is 60.8 Å². The lowest BCUT2D eigenvalue weighted by Gasteiger charge is -2.27. The van der Waals surface area contributed by atoms with Crippen molar-refractivity contribution in [1.29, 1.82) is 0 Å². The second-order valence-electron chi connectivity index (χ2n) is 8.07. The highest BCUT2D eigenvalue weighted by atomic mass is 32.1. The lowest BCUT2D eigenvalue weighted by Crippen LogP contribution is -2.45. The van der Waals surface area contributed by atoms with Crippen LogP contribution in [0.15, 0.2) is 30.3 Å². The Kier molecular flexibility index (Phi) is 12.6. The number of ether oxygens (including phenoxy) is 4. The molecule has 194 valence electrons. The van der Waals surface area contributed by atoms with Crippen LogP contribution in [0.1, 0.15) is 28.7 Å². The first kappa shape index (κ1) is 28.6. The minimum atomic E-state index is -0.204. The van der Waals surface area contributed by atoms with Crippen LogP contribution in [0.2, 0.25) is 0 Å². The Balaban J connectivity index is 2.14. The molecule has 0 aliphatic carbocycles. The summed E-state index contributed by atoms with van der Waals surface area (Å²) in [6, 6.07) is 9.87. The average molecular weight is 507 g/mol. The van der Waals surface area contributed by atoms with Gasteiger partial charge in [-0.3, -0.25) is 9.59 Å². The molecule has 0 atom stereocenters. The molecule has 1 aromatic carbocycles. The summed E-state index contributed by atoms with van der Waals surface area (Å²) in [6.45, 7) is 6.53. The van der Waals surface area contributed by atoms with E-state index < -0.39 is 0 Å². The van der Waals surface area contributed by atoms with Crippen LogP contribution in [-0.4, -0.2) is 82.4 Å². The van der Waals surface area contributed by atoms with Crippen molar-refractivity contribution in [1.82, 2.24) is 9.80 Å². The molecule has 2 aromatic rings. The number of aryl methyl sites for hydroxylation is 1. The average Bonchev–Trinajstić information content (AvgIpc) is 3.27. The van der Waals surface area contributed by atoms with Gasteiger partial charge in [0.15, 0.2) is 11.5 Å². The van der Waals surface area contributed by atoms with Crippen molar-refractivity contribution in [2.45, 2.75) is 33.2 Å². The first-order chi connectivity index (χ1) is 16.9. The molecule has 0 fully saturated rings. The molecule has 1 aromatic heterocycles. The molecule has 0 saturated heterocycles. The van der Waals surface area contributed by atoms with Crippen molar-refractivity contribution in [3.8, 4) is 11.5 Å². The number of amides is 2. The number of rotatable bonds is 16. The van der Waals surface area contributed by atoms with Gasteiger partial charge in [0.2, 0.25) is 11.8 Å². The SMILES string of the molecule is CCOCCCN(CC(=O)N(CCc1ccc(OC)c(OC)c1)Cc1ccc(C)s1)C(=O)COC. The third-order valence-corrected chi connectivity index (χ3v) is 6.47. The molecular weight excluding hydrogens is 468 g/mol. The van der Waals surface area contributed by atoms with Gasteiger partial charge in [-0.15, -0.1) is 11.3 Å². The fourth-order valence-corrected chi connectivity index (χ4v) is 4.53. The quantitative estimate of drug-likeness (QED) is 0.324. The van der Waals surface area contributed by atoms with Crippen LogP contribution in [0.3, 0.4) is 0 Å². The van der Waals surface area contributed by atoms with E-state index in [9.17, 15) is 9.59 Å². The van der Waals surface area contributed by atoms with Crippen LogP contribution >= 0.6 is 11.3 Å². The maximum atomic E-state index is 13.4. The maximum Gasteiger partial charge on any atom is 0.249 e. The summed E-state index contributed by atoms with van der Waals surface area (Å²) in [6.07, 6.45) is 1.30. The highest BCUT2D eigenvalue weighted by Crippen LogP contribution is 2.28. The zero-order valence-electron chi connectivity index (χ0n) is 21.5. The van der Waals surface area contributed by atoms with Gasteiger partial charge >= 0.3 is 0 Å². The predicted molar refractivity (Wildman–Crippen MR) is 137 cm³/mol. The summed E-state index contributed by atoms with van der Waals surface area (Å²) in [7, 11) is 4.69. The van der Waals surface area contributed by atoms with Gasteiger partial charge in [-0.1, -0.05) is 6.07 Å². The fourth-order valence-electron chi connectivity index (χ4n) is 3.62. The third-order valence-electron chi connectivity index (χ3n) is 5.48. The summed E-state index contributed by atoms with van der Waals surface area (Å²) in [5.74, 6) is 1.02. The van der Waals surface area contributed by atoms with Gasteiger partial charge in [0.25, 0.3) is 0 Å². The number of hydrogen-bond donors (Lipinski definition) is 0. The topological polar surface area (TPSA) is 77.5 Å². The summed E-state index contributed by atoms with van der Waals surface area (Å²) in [5.41, 5.74) is 1.03. The van der Waals surface area contributed by atoms with E-state index in [1.807, 2.05) is 43.0 Å². The fraction of sp³-hybridized carbons (Fsp3) is 0.538. The van der Waals surface area contributed by atoms with Crippen molar-refractivity contribution in [2.24, 2.45) is 0 Å². The first-order valence-electron chi connectivity index (χ1n) is 11.8. The molecular formula is C26H38N2O6S. The van der Waals surface area contributed by atoms with Gasteiger partial charge in [0.05, 0.1) is 27.3 Å². The molecule has 0 bridgehead atoms. The lowest BCUT2D eigenvalue weighted by molar-refractivity contribution is -0.143. The number of thiophene rings is 1. The Morgan fingerprint density at radius 2 is 1.71 bits per heavy atom. The number of nitrogens with zero attached hydrogens (tertiary/aromatic N) is 2. The lowest BCUT2D eigenvalue weighted by atomic mass is 10.1. The van der Waals surface area contributed by atoms with Crippen molar-refractivity contribution < 1.29 is 28.5 Å². The number of benzene rings is 1. The van der Waals surface area contributed by atoms with E-state index >= 15 is 0 Å². The Labute approximate surface area is 212 Å². The van der Waals surface area contributed by atoms with E-state index in [4.69, 9.17) is 18.9 Å². The van der Waals surface area contributed by atoms with Crippen LogP contribution < -0.4 is 9.47 Å². The molecule has 1 heterocycles. The molecule has 35 heavy (non-hydrogen) atoms. The zero-order valence-corrected chi connectivity index (χ0v) is 22.3. The van der Waals surface area contributed by atoms with Crippen molar-refractivity contribution in [3.05, 3.63) is 45.6 Å². The Bertz CT molecular complexity index is 932. The smallest absolute Gasteiger partial charge is 0.249 e. The van der Waals surface area contributed by atoms with E-state index in [1.165, 1.54) is 12.0 Å². The second kappa shape index (κ2) is 15.4. The molecule has 0 aliphatic rings. The van der Waals surface area contributed by atoms with E-state index in [2.05, 4.69) is 6.07 Å². The van der Waals surface area contributed by atoms with Crippen LogP contribution in [0.5, 0.6) is 11.5 Å². The van der Waals surface area contributed by atoms with Crippen LogP contribution in [0.4, 0.5) is 0 Å². The van der Waals surface area contributed by atoms with E-state index in [0.717, 1.165) is 10.4 Å². The van der Waals surface area contributed by atoms with Crippen LogP contribution in [-0.2, 0) is 32.0 Å². The Morgan fingerprint density at radius 3 is 2.34 bits per heavy atom. The zero-order chi connectivity index (χ0) is 25.6. The normalized spacial score (nSPS) is 10.8.